The molecule has 2 saturated heterocycles. The van der Waals surface area contributed by atoms with Crippen molar-refractivity contribution in [3.63, 3.8) is 0 Å². The Hall–Kier alpha value is -0.610. The SMILES string of the molecule is CC(C)C(=O)N1CCC(NC2C3CCOC3C2(C)C)CC1. The van der Waals surface area contributed by atoms with E-state index in [1.807, 2.05) is 18.7 Å². The van der Waals surface area contributed by atoms with Gasteiger partial charge in [0.2, 0.25) is 5.91 Å². The van der Waals surface area contributed by atoms with Gasteiger partial charge >= 0.3 is 0 Å². The van der Waals surface area contributed by atoms with Crippen molar-refractivity contribution in [3.05, 3.63) is 0 Å². The second kappa shape index (κ2) is 5.54. The maximum Gasteiger partial charge on any atom is 0.225 e. The maximum absolute atomic E-state index is 12.0. The molecule has 4 nitrogen and oxygen atoms in total. The van der Waals surface area contributed by atoms with Gasteiger partial charge in [-0.2, -0.15) is 0 Å². The van der Waals surface area contributed by atoms with E-state index in [0.29, 0.717) is 30.0 Å². The molecular weight excluding hydrogens is 264 g/mol. The van der Waals surface area contributed by atoms with E-state index in [0.717, 1.165) is 32.5 Å². The molecule has 2 aliphatic heterocycles. The van der Waals surface area contributed by atoms with Crippen LogP contribution in [0.5, 0.6) is 0 Å². The molecule has 3 atom stereocenters. The summed E-state index contributed by atoms with van der Waals surface area (Å²) in [6.45, 7) is 11.4. The fourth-order valence-corrected chi connectivity index (χ4v) is 4.55. The lowest BCUT2D eigenvalue weighted by Gasteiger charge is -2.56. The summed E-state index contributed by atoms with van der Waals surface area (Å²) in [4.78, 5) is 14.1. The third-order valence-electron chi connectivity index (χ3n) is 5.82. The minimum atomic E-state index is 0.122. The van der Waals surface area contributed by atoms with Crippen LogP contribution in [0.25, 0.3) is 0 Å². The first-order chi connectivity index (χ1) is 9.91. The Balaban J connectivity index is 1.51. The monoisotopic (exact) mass is 294 g/mol. The molecule has 0 aromatic carbocycles. The highest BCUT2D eigenvalue weighted by molar-refractivity contribution is 5.78. The number of nitrogens with one attached hydrogen (secondary N) is 1. The third-order valence-corrected chi connectivity index (χ3v) is 5.82. The molecule has 1 saturated carbocycles. The molecule has 0 spiro atoms. The first-order valence-corrected chi connectivity index (χ1v) is 8.57. The lowest BCUT2D eigenvalue weighted by atomic mass is 9.57. The molecule has 0 aromatic rings. The maximum atomic E-state index is 12.0. The number of ether oxygens (including phenoxy) is 1. The average Bonchev–Trinajstić information content (AvgIpc) is 2.91. The molecule has 3 rings (SSSR count). The fourth-order valence-electron chi connectivity index (χ4n) is 4.55. The molecule has 1 amide bonds. The summed E-state index contributed by atoms with van der Waals surface area (Å²) in [6, 6.07) is 1.15. The molecule has 3 fully saturated rings. The summed E-state index contributed by atoms with van der Waals surface area (Å²) in [5, 5.41) is 3.89. The minimum Gasteiger partial charge on any atom is -0.377 e. The Kier molecular flexibility index (Phi) is 4.04. The molecule has 0 aromatic heterocycles. The number of rotatable bonds is 3. The van der Waals surface area contributed by atoms with Crippen molar-refractivity contribution >= 4 is 5.91 Å². The fraction of sp³-hybridized carbons (Fsp3) is 0.941. The standard InChI is InChI=1S/C17H30N2O2/c1-11(2)16(20)19-8-5-12(6-9-19)18-14-13-7-10-21-15(13)17(14,3)4/h11-15,18H,5-10H2,1-4H3. The van der Waals surface area contributed by atoms with Gasteiger partial charge in [-0.25, -0.2) is 0 Å². The van der Waals surface area contributed by atoms with Crippen LogP contribution >= 0.6 is 0 Å². The first kappa shape index (κ1) is 15.3. The van der Waals surface area contributed by atoms with Crippen LogP contribution in [0, 0.1) is 17.3 Å². The van der Waals surface area contributed by atoms with Gasteiger partial charge in [0.25, 0.3) is 0 Å². The largest absolute Gasteiger partial charge is 0.377 e. The van der Waals surface area contributed by atoms with Crippen molar-refractivity contribution in [2.45, 2.75) is 65.1 Å². The summed E-state index contributed by atoms with van der Waals surface area (Å²) >= 11 is 0. The summed E-state index contributed by atoms with van der Waals surface area (Å²) in [5.41, 5.74) is 0.256. The Morgan fingerprint density at radius 1 is 1.24 bits per heavy atom. The van der Waals surface area contributed by atoms with Crippen molar-refractivity contribution in [3.8, 4) is 0 Å². The van der Waals surface area contributed by atoms with Crippen LogP contribution in [0.2, 0.25) is 0 Å². The number of piperidine rings is 1. The average molecular weight is 294 g/mol. The lowest BCUT2D eigenvalue weighted by Crippen LogP contribution is -2.68. The van der Waals surface area contributed by atoms with Gasteiger partial charge in [-0.3, -0.25) is 4.79 Å². The summed E-state index contributed by atoms with van der Waals surface area (Å²) in [5.74, 6) is 1.13. The van der Waals surface area contributed by atoms with Gasteiger partial charge in [0.15, 0.2) is 0 Å². The summed E-state index contributed by atoms with van der Waals surface area (Å²) in [6.07, 6.45) is 3.83. The first-order valence-electron chi connectivity index (χ1n) is 8.57. The minimum absolute atomic E-state index is 0.122. The van der Waals surface area contributed by atoms with E-state index in [4.69, 9.17) is 4.74 Å². The number of hydrogen-bond acceptors (Lipinski definition) is 3. The van der Waals surface area contributed by atoms with Gasteiger partial charge in [0, 0.05) is 49.0 Å². The molecule has 3 aliphatic rings. The van der Waals surface area contributed by atoms with Gasteiger partial charge in [-0.15, -0.1) is 0 Å². The molecule has 3 unspecified atom stereocenters. The summed E-state index contributed by atoms with van der Waals surface area (Å²) in [7, 11) is 0. The smallest absolute Gasteiger partial charge is 0.225 e. The quantitative estimate of drug-likeness (QED) is 0.866. The number of carbonyl (C=O) groups is 1. The number of nitrogens with zero attached hydrogens (tertiary/aromatic N) is 1. The van der Waals surface area contributed by atoms with E-state index in [2.05, 4.69) is 19.2 Å². The third kappa shape index (κ3) is 2.61. The molecule has 0 radical (unpaired) electrons. The highest BCUT2D eigenvalue weighted by Gasteiger charge is 2.59. The van der Waals surface area contributed by atoms with Crippen molar-refractivity contribution < 1.29 is 9.53 Å². The highest BCUT2D eigenvalue weighted by atomic mass is 16.5. The molecule has 120 valence electrons. The molecular formula is C17H30N2O2. The molecule has 1 aliphatic carbocycles. The van der Waals surface area contributed by atoms with Crippen LogP contribution in [0.3, 0.4) is 0 Å². The van der Waals surface area contributed by atoms with E-state index in [9.17, 15) is 4.79 Å². The van der Waals surface area contributed by atoms with Crippen LogP contribution < -0.4 is 5.32 Å². The zero-order valence-corrected chi connectivity index (χ0v) is 13.9. The van der Waals surface area contributed by atoms with Crippen molar-refractivity contribution in [2.24, 2.45) is 17.3 Å². The Labute approximate surface area is 128 Å². The van der Waals surface area contributed by atoms with Crippen molar-refractivity contribution in [1.29, 1.82) is 0 Å². The van der Waals surface area contributed by atoms with Crippen LogP contribution in [-0.4, -0.2) is 48.7 Å². The number of hydrogen-bond donors (Lipinski definition) is 1. The normalized spacial score (nSPS) is 35.7. The van der Waals surface area contributed by atoms with Gasteiger partial charge in [-0.1, -0.05) is 27.7 Å². The molecule has 4 heteroatoms. The van der Waals surface area contributed by atoms with Gasteiger partial charge < -0.3 is 15.0 Å². The molecule has 2 heterocycles. The molecule has 1 N–H and O–H groups in total. The topological polar surface area (TPSA) is 41.6 Å². The zero-order chi connectivity index (χ0) is 15.2. The van der Waals surface area contributed by atoms with Gasteiger partial charge in [0.05, 0.1) is 6.10 Å². The van der Waals surface area contributed by atoms with Crippen LogP contribution in [0.4, 0.5) is 0 Å². The van der Waals surface area contributed by atoms with E-state index < -0.39 is 0 Å². The Morgan fingerprint density at radius 2 is 1.90 bits per heavy atom. The molecule has 21 heavy (non-hydrogen) atoms. The number of carbonyl (C=O) groups excluding carboxylic acids is 1. The van der Waals surface area contributed by atoms with E-state index in [1.165, 1.54) is 6.42 Å². The van der Waals surface area contributed by atoms with Crippen LogP contribution in [0.15, 0.2) is 0 Å². The van der Waals surface area contributed by atoms with Crippen LogP contribution in [0.1, 0.15) is 47.0 Å². The Bertz CT molecular complexity index is 400. The number of likely N-dealkylation sites (tertiary alicyclic amines) is 1. The van der Waals surface area contributed by atoms with E-state index in [1.54, 1.807) is 0 Å². The second-order valence-corrected chi connectivity index (χ2v) is 7.96. The van der Waals surface area contributed by atoms with E-state index in [-0.39, 0.29) is 11.3 Å². The Morgan fingerprint density at radius 3 is 2.52 bits per heavy atom. The predicted molar refractivity (Wildman–Crippen MR) is 83.0 cm³/mol. The van der Waals surface area contributed by atoms with Crippen LogP contribution in [-0.2, 0) is 9.53 Å². The highest BCUT2D eigenvalue weighted by Crippen LogP contribution is 2.52. The lowest BCUT2D eigenvalue weighted by molar-refractivity contribution is -0.136. The zero-order valence-electron chi connectivity index (χ0n) is 13.9. The summed E-state index contributed by atoms with van der Waals surface area (Å²) < 4.78 is 5.87. The van der Waals surface area contributed by atoms with Crippen molar-refractivity contribution in [2.75, 3.05) is 19.7 Å². The predicted octanol–water partition coefficient (Wildman–Crippen LogP) is 2.04. The number of fused-ring (bicyclic) bond motifs is 1. The number of amides is 1. The van der Waals surface area contributed by atoms with Gasteiger partial charge in [-0.05, 0) is 19.3 Å². The second-order valence-electron chi connectivity index (χ2n) is 7.96. The molecule has 0 bridgehead atoms. The van der Waals surface area contributed by atoms with E-state index >= 15 is 0 Å². The van der Waals surface area contributed by atoms with Gasteiger partial charge in [0.1, 0.15) is 0 Å². The van der Waals surface area contributed by atoms with Crippen molar-refractivity contribution in [1.82, 2.24) is 10.2 Å².